The summed E-state index contributed by atoms with van der Waals surface area (Å²) < 4.78 is 7.43. The third-order valence-corrected chi connectivity index (χ3v) is 3.62. The second-order valence-corrected chi connectivity index (χ2v) is 5.12. The first-order chi connectivity index (χ1) is 10.8. The van der Waals surface area contributed by atoms with E-state index >= 15 is 0 Å². The first kappa shape index (κ1) is 14.5. The van der Waals surface area contributed by atoms with Crippen molar-refractivity contribution in [1.29, 1.82) is 0 Å². The van der Waals surface area contributed by atoms with Crippen molar-refractivity contribution in [2.45, 2.75) is 19.8 Å². The Hall–Kier alpha value is -2.41. The quantitative estimate of drug-likeness (QED) is 0.674. The summed E-state index contributed by atoms with van der Waals surface area (Å²) in [7, 11) is 1.65. The highest BCUT2D eigenvalue weighted by Crippen LogP contribution is 2.28. The lowest BCUT2D eigenvalue weighted by Crippen LogP contribution is -2.09. The maximum Gasteiger partial charge on any atom is 0.204 e. The van der Waals surface area contributed by atoms with Gasteiger partial charge in [-0.3, -0.25) is 4.40 Å². The van der Waals surface area contributed by atoms with Crippen LogP contribution in [0.1, 0.15) is 18.7 Å². The lowest BCUT2D eigenvalue weighted by molar-refractivity contribution is 0.419. The van der Waals surface area contributed by atoms with Crippen molar-refractivity contribution in [3.8, 4) is 5.75 Å². The SMILES string of the molecule is COc1cccc2c1nc(NCCCCN)c1nnc(C)n12. The molecule has 0 radical (unpaired) electrons. The lowest BCUT2D eigenvalue weighted by Gasteiger charge is -2.11. The van der Waals surface area contributed by atoms with Gasteiger partial charge in [0, 0.05) is 6.54 Å². The van der Waals surface area contributed by atoms with Crippen molar-refractivity contribution >= 4 is 22.5 Å². The number of unbranched alkanes of at least 4 members (excludes halogenated alkanes) is 1. The van der Waals surface area contributed by atoms with Gasteiger partial charge < -0.3 is 15.8 Å². The molecule has 22 heavy (non-hydrogen) atoms. The smallest absolute Gasteiger partial charge is 0.204 e. The fourth-order valence-corrected chi connectivity index (χ4v) is 2.53. The number of nitrogens with zero attached hydrogens (tertiary/aromatic N) is 4. The van der Waals surface area contributed by atoms with Crippen LogP contribution in [-0.4, -0.2) is 39.8 Å². The van der Waals surface area contributed by atoms with Gasteiger partial charge in [-0.05, 0) is 38.4 Å². The van der Waals surface area contributed by atoms with Crippen molar-refractivity contribution in [3.63, 3.8) is 0 Å². The molecule has 0 saturated carbocycles. The average molecular weight is 300 g/mol. The zero-order valence-corrected chi connectivity index (χ0v) is 12.8. The molecule has 0 bridgehead atoms. The van der Waals surface area contributed by atoms with Crippen LogP contribution in [0.2, 0.25) is 0 Å². The summed E-state index contributed by atoms with van der Waals surface area (Å²) in [6.07, 6.45) is 1.97. The molecule has 2 aromatic heterocycles. The van der Waals surface area contributed by atoms with Crippen LogP contribution in [0, 0.1) is 6.92 Å². The summed E-state index contributed by atoms with van der Waals surface area (Å²) in [4.78, 5) is 4.69. The Bertz CT molecular complexity index is 797. The maximum atomic E-state index is 5.53. The fraction of sp³-hybridized carbons (Fsp3) is 0.400. The molecular formula is C15H20N6O. The highest BCUT2D eigenvalue weighted by atomic mass is 16.5. The second kappa shape index (κ2) is 6.15. The zero-order chi connectivity index (χ0) is 15.5. The number of ether oxygens (including phenoxy) is 1. The van der Waals surface area contributed by atoms with E-state index in [1.807, 2.05) is 29.5 Å². The van der Waals surface area contributed by atoms with E-state index in [1.54, 1.807) is 7.11 Å². The molecule has 116 valence electrons. The number of rotatable bonds is 6. The largest absolute Gasteiger partial charge is 0.494 e. The summed E-state index contributed by atoms with van der Waals surface area (Å²) in [5.74, 6) is 2.27. The van der Waals surface area contributed by atoms with Crippen LogP contribution in [0.15, 0.2) is 18.2 Å². The van der Waals surface area contributed by atoms with Crippen molar-refractivity contribution in [2.75, 3.05) is 25.5 Å². The van der Waals surface area contributed by atoms with Crippen molar-refractivity contribution in [2.24, 2.45) is 5.73 Å². The predicted molar refractivity (Wildman–Crippen MR) is 86.4 cm³/mol. The number of fused-ring (bicyclic) bond motifs is 3. The van der Waals surface area contributed by atoms with Gasteiger partial charge in [0.25, 0.3) is 0 Å². The monoisotopic (exact) mass is 300 g/mol. The summed E-state index contributed by atoms with van der Waals surface area (Å²) >= 11 is 0. The standard InChI is InChI=1S/C15H20N6O/c1-10-19-20-15-14(17-9-4-3-8-16)18-13-11(21(10)15)6-5-7-12(13)22-2/h5-7H,3-4,8-9,16H2,1-2H3,(H,17,18). The molecule has 0 saturated heterocycles. The third kappa shape index (κ3) is 2.43. The van der Waals surface area contributed by atoms with E-state index in [-0.39, 0.29) is 0 Å². The van der Waals surface area contributed by atoms with Crippen LogP contribution in [0.5, 0.6) is 5.75 Å². The van der Waals surface area contributed by atoms with Crippen molar-refractivity contribution in [3.05, 3.63) is 24.0 Å². The Morgan fingerprint density at radius 2 is 2.14 bits per heavy atom. The van der Waals surface area contributed by atoms with E-state index in [2.05, 4.69) is 15.5 Å². The van der Waals surface area contributed by atoms with Crippen LogP contribution >= 0.6 is 0 Å². The van der Waals surface area contributed by atoms with Crippen LogP contribution in [0.3, 0.4) is 0 Å². The topological polar surface area (TPSA) is 90.4 Å². The van der Waals surface area contributed by atoms with Gasteiger partial charge in [0.2, 0.25) is 5.65 Å². The third-order valence-electron chi connectivity index (χ3n) is 3.62. The summed E-state index contributed by atoms with van der Waals surface area (Å²) in [6, 6.07) is 5.83. The van der Waals surface area contributed by atoms with Crippen LogP contribution in [0.4, 0.5) is 5.82 Å². The molecule has 0 amide bonds. The molecule has 3 N–H and O–H groups in total. The molecule has 7 nitrogen and oxygen atoms in total. The molecule has 0 aliphatic heterocycles. The molecular weight excluding hydrogens is 280 g/mol. The molecule has 1 aromatic carbocycles. The number of hydrogen-bond acceptors (Lipinski definition) is 6. The number of anilines is 1. The van der Waals surface area contributed by atoms with Crippen LogP contribution < -0.4 is 15.8 Å². The van der Waals surface area contributed by atoms with E-state index in [4.69, 9.17) is 15.5 Å². The summed E-state index contributed by atoms with van der Waals surface area (Å²) in [5, 5.41) is 11.8. The Morgan fingerprint density at radius 3 is 2.91 bits per heavy atom. The minimum Gasteiger partial charge on any atom is -0.494 e. The minimum atomic E-state index is 0.695. The van der Waals surface area contributed by atoms with Crippen LogP contribution in [0.25, 0.3) is 16.7 Å². The van der Waals surface area contributed by atoms with Gasteiger partial charge >= 0.3 is 0 Å². The molecule has 0 atom stereocenters. The number of hydrogen-bond donors (Lipinski definition) is 2. The predicted octanol–water partition coefficient (Wildman–Crippen LogP) is 1.75. The number of nitrogens with one attached hydrogen (secondary N) is 1. The van der Waals surface area contributed by atoms with Crippen LogP contribution in [-0.2, 0) is 0 Å². The molecule has 0 spiro atoms. The Kier molecular flexibility index (Phi) is 4.06. The molecule has 3 aromatic rings. The van der Waals surface area contributed by atoms with E-state index < -0.39 is 0 Å². The van der Waals surface area contributed by atoms with Gasteiger partial charge in [-0.2, -0.15) is 0 Å². The number of methoxy groups -OCH3 is 1. The highest BCUT2D eigenvalue weighted by Gasteiger charge is 2.15. The van der Waals surface area contributed by atoms with Gasteiger partial charge in [-0.15, -0.1) is 10.2 Å². The number of nitrogens with two attached hydrogens (primary N) is 1. The normalized spacial score (nSPS) is 11.2. The molecule has 7 heteroatoms. The first-order valence-corrected chi connectivity index (χ1v) is 7.38. The van der Waals surface area contributed by atoms with E-state index in [1.165, 1.54) is 0 Å². The number of aryl methyl sites for hydroxylation is 1. The van der Waals surface area contributed by atoms with Gasteiger partial charge in [0.1, 0.15) is 17.1 Å². The van der Waals surface area contributed by atoms with Gasteiger partial charge in [-0.25, -0.2) is 4.98 Å². The van der Waals surface area contributed by atoms with Gasteiger partial charge in [-0.1, -0.05) is 6.07 Å². The molecule has 2 heterocycles. The number of aromatic nitrogens is 4. The van der Waals surface area contributed by atoms with Crippen molar-refractivity contribution < 1.29 is 4.74 Å². The lowest BCUT2D eigenvalue weighted by atomic mass is 10.2. The molecule has 0 unspecified atom stereocenters. The number of para-hydroxylation sites is 1. The van der Waals surface area contributed by atoms with Gasteiger partial charge in [0.15, 0.2) is 5.82 Å². The average Bonchev–Trinajstić information content (AvgIpc) is 2.93. The zero-order valence-electron chi connectivity index (χ0n) is 12.8. The van der Waals surface area contributed by atoms with Crippen molar-refractivity contribution in [1.82, 2.24) is 19.6 Å². The first-order valence-electron chi connectivity index (χ1n) is 7.38. The molecule has 3 rings (SSSR count). The van der Waals surface area contributed by atoms with E-state index in [0.717, 1.165) is 53.5 Å². The Labute approximate surface area is 128 Å². The Morgan fingerprint density at radius 1 is 1.27 bits per heavy atom. The fourth-order valence-electron chi connectivity index (χ4n) is 2.53. The van der Waals surface area contributed by atoms with E-state index in [9.17, 15) is 0 Å². The number of benzene rings is 1. The summed E-state index contributed by atoms with van der Waals surface area (Å²) in [5.41, 5.74) is 7.98. The maximum absolute atomic E-state index is 5.53. The molecule has 0 fully saturated rings. The second-order valence-electron chi connectivity index (χ2n) is 5.12. The van der Waals surface area contributed by atoms with Gasteiger partial charge in [0.05, 0.1) is 12.6 Å². The minimum absolute atomic E-state index is 0.695. The summed E-state index contributed by atoms with van der Waals surface area (Å²) in [6.45, 7) is 3.42. The highest BCUT2D eigenvalue weighted by molar-refractivity contribution is 5.87. The molecule has 0 aliphatic rings. The Balaban J connectivity index is 2.13. The molecule has 0 aliphatic carbocycles. The van der Waals surface area contributed by atoms with E-state index in [0.29, 0.717) is 6.54 Å².